The molecule has 2 aromatic heterocycles. The number of nitrogens with zero attached hydrogens (tertiary/aromatic N) is 4. The number of hydrogen-bond acceptors (Lipinski definition) is 6. The maximum Gasteiger partial charge on any atom is 0.318 e. The molecule has 27 heavy (non-hydrogen) atoms. The van der Waals surface area contributed by atoms with Crippen molar-refractivity contribution < 1.29 is 14.3 Å². The second kappa shape index (κ2) is 6.90. The molecule has 2 aliphatic heterocycles. The molecule has 0 aliphatic carbocycles. The first-order chi connectivity index (χ1) is 13.0. The van der Waals surface area contributed by atoms with E-state index in [1.807, 2.05) is 0 Å². The molecule has 1 spiro atoms. The Labute approximate surface area is 155 Å². The van der Waals surface area contributed by atoms with Crippen LogP contribution in [0.2, 0.25) is 0 Å². The largest absolute Gasteiger partial charge is 0.347 e. The average molecular weight is 374 g/mol. The van der Waals surface area contributed by atoms with Gasteiger partial charge in [0.1, 0.15) is 6.54 Å². The van der Waals surface area contributed by atoms with Crippen LogP contribution < -0.4 is 11.1 Å². The van der Waals surface area contributed by atoms with Crippen LogP contribution in [0.25, 0.3) is 11.2 Å². The topological polar surface area (TPSA) is 95.7 Å². The van der Waals surface area contributed by atoms with Gasteiger partial charge < -0.3 is 14.4 Å². The number of hydrogen-bond donors (Lipinski definition) is 0. The zero-order chi connectivity index (χ0) is 19.0. The van der Waals surface area contributed by atoms with Crippen LogP contribution in [0.4, 0.5) is 0 Å². The molecule has 0 N–H and O–H groups in total. The first-order valence-electron chi connectivity index (χ1n) is 9.19. The van der Waals surface area contributed by atoms with E-state index in [1.165, 1.54) is 9.13 Å². The lowest BCUT2D eigenvalue weighted by Gasteiger charge is -2.37. The van der Waals surface area contributed by atoms with E-state index in [9.17, 15) is 14.4 Å². The van der Waals surface area contributed by atoms with Gasteiger partial charge in [0.15, 0.2) is 11.4 Å². The Morgan fingerprint density at radius 1 is 1.15 bits per heavy atom. The summed E-state index contributed by atoms with van der Waals surface area (Å²) in [5, 5.41) is 0. The Bertz CT molecular complexity index is 979. The smallest absolute Gasteiger partial charge is 0.318 e. The van der Waals surface area contributed by atoms with Gasteiger partial charge in [-0.3, -0.25) is 23.5 Å². The van der Waals surface area contributed by atoms with E-state index in [1.54, 1.807) is 30.2 Å². The highest BCUT2D eigenvalue weighted by atomic mass is 16.7. The van der Waals surface area contributed by atoms with Crippen LogP contribution in [0.1, 0.15) is 19.8 Å². The monoisotopic (exact) mass is 374 g/mol. The molecule has 0 atom stereocenters. The molecule has 9 heteroatoms. The summed E-state index contributed by atoms with van der Waals surface area (Å²) in [6.07, 6.45) is 2.77. The second-order valence-electron chi connectivity index (χ2n) is 6.78. The van der Waals surface area contributed by atoms with Crippen molar-refractivity contribution in [3.63, 3.8) is 0 Å². The molecule has 0 unspecified atom stereocenters. The van der Waals surface area contributed by atoms with E-state index in [0.717, 1.165) is 0 Å². The van der Waals surface area contributed by atoms with Crippen LogP contribution in [0.5, 0.6) is 0 Å². The Morgan fingerprint density at radius 3 is 2.48 bits per heavy atom. The molecule has 0 saturated carbocycles. The number of ether oxygens (including phenoxy) is 2. The minimum Gasteiger partial charge on any atom is -0.347 e. The van der Waals surface area contributed by atoms with E-state index in [-0.39, 0.29) is 12.5 Å². The van der Waals surface area contributed by atoms with Crippen molar-refractivity contribution in [3.05, 3.63) is 39.0 Å². The highest BCUT2D eigenvalue weighted by molar-refractivity contribution is 5.79. The molecule has 2 aliphatic rings. The molecule has 1 amide bonds. The summed E-state index contributed by atoms with van der Waals surface area (Å²) in [7, 11) is 0. The van der Waals surface area contributed by atoms with Gasteiger partial charge in [-0.2, -0.15) is 0 Å². The van der Waals surface area contributed by atoms with E-state index in [0.29, 0.717) is 56.9 Å². The Balaban J connectivity index is 1.60. The van der Waals surface area contributed by atoms with Crippen LogP contribution in [-0.4, -0.2) is 57.0 Å². The van der Waals surface area contributed by atoms with Crippen LogP contribution in [0, 0.1) is 0 Å². The van der Waals surface area contributed by atoms with Gasteiger partial charge in [-0.1, -0.05) is 0 Å². The molecule has 9 nitrogen and oxygen atoms in total. The molecular formula is C18H22N4O5. The minimum absolute atomic E-state index is 0.185. The minimum atomic E-state index is -0.707. The van der Waals surface area contributed by atoms with Gasteiger partial charge in [0, 0.05) is 38.7 Å². The maximum absolute atomic E-state index is 12.8. The van der Waals surface area contributed by atoms with Crippen molar-refractivity contribution in [2.45, 2.75) is 38.6 Å². The predicted molar refractivity (Wildman–Crippen MR) is 96.4 cm³/mol. The fourth-order valence-corrected chi connectivity index (χ4v) is 3.81. The third-order valence-corrected chi connectivity index (χ3v) is 5.29. The summed E-state index contributed by atoms with van der Waals surface area (Å²) < 4.78 is 13.9. The van der Waals surface area contributed by atoms with Crippen molar-refractivity contribution in [2.24, 2.45) is 0 Å². The quantitative estimate of drug-likeness (QED) is 0.699. The molecule has 0 aromatic carbocycles. The molecule has 0 bridgehead atoms. The Morgan fingerprint density at radius 2 is 1.81 bits per heavy atom. The molecule has 2 fully saturated rings. The number of aryl methyl sites for hydroxylation is 1. The summed E-state index contributed by atoms with van der Waals surface area (Å²) in [6.45, 7) is 4.08. The lowest BCUT2D eigenvalue weighted by molar-refractivity contribution is -0.187. The van der Waals surface area contributed by atoms with E-state index in [4.69, 9.17) is 9.47 Å². The molecule has 4 heterocycles. The van der Waals surface area contributed by atoms with Gasteiger partial charge >= 0.3 is 11.1 Å². The Kier molecular flexibility index (Phi) is 4.56. The molecule has 144 valence electrons. The highest BCUT2D eigenvalue weighted by Gasteiger charge is 2.40. The van der Waals surface area contributed by atoms with Gasteiger partial charge in [-0.25, -0.2) is 4.98 Å². The van der Waals surface area contributed by atoms with Gasteiger partial charge in [-0.05, 0) is 19.1 Å². The zero-order valence-corrected chi connectivity index (χ0v) is 15.2. The first kappa shape index (κ1) is 17.9. The highest BCUT2D eigenvalue weighted by Crippen LogP contribution is 2.31. The molecule has 4 rings (SSSR count). The van der Waals surface area contributed by atoms with Crippen molar-refractivity contribution in [2.75, 3.05) is 26.3 Å². The number of rotatable bonds is 3. The first-order valence-corrected chi connectivity index (χ1v) is 9.19. The lowest BCUT2D eigenvalue weighted by atomic mass is 10.0. The Hall–Kier alpha value is -2.52. The summed E-state index contributed by atoms with van der Waals surface area (Å²) in [5.74, 6) is -0.769. The van der Waals surface area contributed by atoms with Crippen LogP contribution in [0.15, 0.2) is 27.9 Å². The fourth-order valence-electron chi connectivity index (χ4n) is 3.81. The van der Waals surface area contributed by atoms with Gasteiger partial charge in [-0.15, -0.1) is 0 Å². The molecular weight excluding hydrogens is 352 g/mol. The number of carbonyl (C=O) groups is 1. The number of amides is 1. The molecule has 0 radical (unpaired) electrons. The number of carbonyl (C=O) groups excluding carboxylic acids is 1. The SMILES string of the molecule is CCn1c(=O)c(=O)n(CC(=O)N2CCC3(CC2)OCCO3)c2cccnc21. The lowest BCUT2D eigenvalue weighted by Crippen LogP contribution is -2.49. The van der Waals surface area contributed by atoms with Crippen molar-refractivity contribution in [1.29, 1.82) is 0 Å². The zero-order valence-electron chi connectivity index (χ0n) is 15.2. The van der Waals surface area contributed by atoms with Gasteiger partial charge in [0.25, 0.3) is 0 Å². The summed E-state index contributed by atoms with van der Waals surface area (Å²) >= 11 is 0. The number of likely N-dealkylation sites (tertiary alicyclic amines) is 1. The molecule has 2 aromatic rings. The standard InChI is InChI=1S/C18H22N4O5/c1-2-21-15-13(4-3-7-19-15)22(17(25)16(21)24)12-14(23)20-8-5-18(6-9-20)26-10-11-27-18/h3-4,7H,2,5-6,8-12H2,1H3. The maximum atomic E-state index is 12.8. The van der Waals surface area contributed by atoms with Crippen LogP contribution in [0.3, 0.4) is 0 Å². The third-order valence-electron chi connectivity index (χ3n) is 5.29. The average Bonchev–Trinajstić information content (AvgIpc) is 3.14. The van der Waals surface area contributed by atoms with Crippen LogP contribution >= 0.6 is 0 Å². The van der Waals surface area contributed by atoms with Crippen molar-refractivity contribution in [1.82, 2.24) is 19.0 Å². The summed E-state index contributed by atoms with van der Waals surface area (Å²) in [5.41, 5.74) is -0.487. The van der Waals surface area contributed by atoms with E-state index in [2.05, 4.69) is 4.98 Å². The summed E-state index contributed by atoms with van der Waals surface area (Å²) in [6, 6.07) is 3.39. The van der Waals surface area contributed by atoms with E-state index < -0.39 is 16.9 Å². The molecule has 2 saturated heterocycles. The fraction of sp³-hybridized carbons (Fsp3) is 0.556. The van der Waals surface area contributed by atoms with Crippen LogP contribution in [-0.2, 0) is 27.4 Å². The number of piperidine rings is 1. The van der Waals surface area contributed by atoms with Crippen molar-refractivity contribution >= 4 is 17.1 Å². The number of pyridine rings is 1. The van der Waals surface area contributed by atoms with Gasteiger partial charge in [0.05, 0.1) is 18.7 Å². The predicted octanol–water partition coefficient (Wildman–Crippen LogP) is -0.0564. The summed E-state index contributed by atoms with van der Waals surface area (Å²) in [4.78, 5) is 43.7. The van der Waals surface area contributed by atoms with Crippen molar-refractivity contribution in [3.8, 4) is 0 Å². The third kappa shape index (κ3) is 3.06. The normalized spacial score (nSPS) is 19.1. The second-order valence-corrected chi connectivity index (χ2v) is 6.78. The van der Waals surface area contributed by atoms with E-state index >= 15 is 0 Å². The number of fused-ring (bicyclic) bond motifs is 1. The number of aromatic nitrogens is 3. The van der Waals surface area contributed by atoms with Gasteiger partial charge in [0.2, 0.25) is 5.91 Å².